The maximum atomic E-state index is 12.9. The lowest BCUT2D eigenvalue weighted by Gasteiger charge is -2.35. The number of ketones is 1. The lowest BCUT2D eigenvalue weighted by molar-refractivity contribution is -0.137. The van der Waals surface area contributed by atoms with Gasteiger partial charge in [-0.05, 0) is 42.5 Å². The summed E-state index contributed by atoms with van der Waals surface area (Å²) in [5.41, 5.74) is 0.491. The van der Waals surface area contributed by atoms with Gasteiger partial charge in [0.2, 0.25) is 0 Å². The molecule has 1 saturated heterocycles. The van der Waals surface area contributed by atoms with Crippen LogP contribution in [0.3, 0.4) is 0 Å². The Kier molecular flexibility index (Phi) is 5.92. The summed E-state index contributed by atoms with van der Waals surface area (Å²) in [4.78, 5) is 16.1. The zero-order valence-electron chi connectivity index (χ0n) is 15.4. The molecule has 3 rings (SSSR count). The van der Waals surface area contributed by atoms with Gasteiger partial charge < -0.3 is 14.5 Å². The fraction of sp³-hybridized carbons (Fsp3) is 0.286. The highest BCUT2D eigenvalue weighted by molar-refractivity contribution is 6.04. The van der Waals surface area contributed by atoms with Crippen molar-refractivity contribution in [3.63, 3.8) is 0 Å². The summed E-state index contributed by atoms with van der Waals surface area (Å²) >= 11 is 0. The first-order valence-corrected chi connectivity index (χ1v) is 8.89. The van der Waals surface area contributed by atoms with E-state index >= 15 is 0 Å². The molecular weight excluding hydrogens is 369 g/mol. The van der Waals surface area contributed by atoms with Crippen molar-refractivity contribution in [3.05, 3.63) is 71.9 Å². The number of carbonyl (C=O) groups is 1. The second kappa shape index (κ2) is 8.37. The van der Waals surface area contributed by atoms with E-state index in [2.05, 4.69) is 0 Å². The fourth-order valence-electron chi connectivity index (χ4n) is 3.03. The van der Waals surface area contributed by atoms with Gasteiger partial charge in [-0.25, -0.2) is 0 Å². The second-order valence-corrected chi connectivity index (χ2v) is 6.48. The van der Waals surface area contributed by atoms with Crippen LogP contribution in [-0.2, 0) is 6.18 Å². The molecule has 148 valence electrons. The minimum atomic E-state index is -4.34. The van der Waals surface area contributed by atoms with E-state index in [0.29, 0.717) is 43.2 Å². The zero-order chi connectivity index (χ0) is 20.1. The smallest absolute Gasteiger partial charge is 0.416 e. The molecule has 1 aliphatic rings. The van der Waals surface area contributed by atoms with Crippen LogP contribution in [0, 0.1) is 0 Å². The SMILES string of the molecule is COc1ccc(C(=O)/C=C\N2CCN(c3cccc(C(F)(F)F)c3)CC2)cc1. The first-order chi connectivity index (χ1) is 13.4. The molecule has 1 fully saturated rings. The number of nitrogens with zero attached hydrogens (tertiary/aromatic N) is 2. The van der Waals surface area contributed by atoms with E-state index in [9.17, 15) is 18.0 Å². The van der Waals surface area contributed by atoms with Crippen molar-refractivity contribution in [1.82, 2.24) is 4.90 Å². The highest BCUT2D eigenvalue weighted by Crippen LogP contribution is 2.31. The molecule has 0 radical (unpaired) electrons. The van der Waals surface area contributed by atoms with Gasteiger partial charge in [0.1, 0.15) is 5.75 Å². The standard InChI is InChI=1S/C21H21F3N2O2/c1-28-19-7-5-16(6-8-19)20(27)9-10-25-11-13-26(14-12-25)18-4-2-3-17(15-18)21(22,23)24/h2-10,15H,11-14H2,1H3/b10-9-. The third kappa shape index (κ3) is 4.85. The van der Waals surface area contributed by atoms with Crippen LogP contribution in [-0.4, -0.2) is 44.0 Å². The lowest BCUT2D eigenvalue weighted by atomic mass is 10.1. The largest absolute Gasteiger partial charge is 0.497 e. The summed E-state index contributed by atoms with van der Waals surface area (Å²) in [6.45, 7) is 2.43. The van der Waals surface area contributed by atoms with Gasteiger partial charge in [0.05, 0.1) is 12.7 Å². The van der Waals surface area contributed by atoms with Crippen LogP contribution < -0.4 is 9.64 Å². The van der Waals surface area contributed by atoms with Crippen molar-refractivity contribution in [2.24, 2.45) is 0 Å². The summed E-state index contributed by atoms with van der Waals surface area (Å²) < 4.78 is 43.7. The van der Waals surface area contributed by atoms with Gasteiger partial charge in [0.25, 0.3) is 0 Å². The molecule has 0 aliphatic carbocycles. The number of rotatable bonds is 5. The average molecular weight is 390 g/mol. The normalized spacial score (nSPS) is 15.1. The van der Waals surface area contributed by atoms with Crippen LogP contribution in [0.4, 0.5) is 18.9 Å². The highest BCUT2D eigenvalue weighted by atomic mass is 19.4. The van der Waals surface area contributed by atoms with Crippen molar-refractivity contribution in [2.75, 3.05) is 38.2 Å². The molecule has 0 saturated carbocycles. The maximum Gasteiger partial charge on any atom is 0.416 e. The third-order valence-corrected chi connectivity index (χ3v) is 4.66. The number of carbonyl (C=O) groups excluding carboxylic acids is 1. The molecule has 4 nitrogen and oxygen atoms in total. The van der Waals surface area contributed by atoms with Gasteiger partial charge in [0.15, 0.2) is 5.78 Å². The zero-order valence-corrected chi connectivity index (χ0v) is 15.4. The second-order valence-electron chi connectivity index (χ2n) is 6.48. The number of piperazine rings is 1. The number of ether oxygens (including phenoxy) is 1. The van der Waals surface area contributed by atoms with Gasteiger partial charge in [0, 0.05) is 49.7 Å². The molecule has 1 heterocycles. The Bertz CT molecular complexity index is 839. The van der Waals surface area contributed by atoms with Crippen LogP contribution >= 0.6 is 0 Å². The van der Waals surface area contributed by atoms with Crippen molar-refractivity contribution in [2.45, 2.75) is 6.18 Å². The molecule has 0 atom stereocenters. The van der Waals surface area contributed by atoms with E-state index in [1.165, 1.54) is 18.2 Å². The number of allylic oxidation sites excluding steroid dienone is 1. The quantitative estimate of drug-likeness (QED) is 0.565. The monoisotopic (exact) mass is 390 g/mol. The van der Waals surface area contributed by atoms with Gasteiger partial charge in [-0.3, -0.25) is 4.79 Å². The Labute approximate surface area is 161 Å². The van der Waals surface area contributed by atoms with Gasteiger partial charge in [-0.2, -0.15) is 13.2 Å². The molecule has 7 heteroatoms. The average Bonchev–Trinajstić information content (AvgIpc) is 2.72. The number of hydrogen-bond acceptors (Lipinski definition) is 4. The molecule has 2 aromatic rings. The minimum Gasteiger partial charge on any atom is -0.497 e. The van der Waals surface area contributed by atoms with E-state index < -0.39 is 11.7 Å². The molecule has 0 bridgehead atoms. The summed E-state index contributed by atoms with van der Waals surface area (Å²) in [5.74, 6) is 0.578. The number of hydrogen-bond donors (Lipinski definition) is 0. The van der Waals surface area contributed by atoms with Gasteiger partial charge in [-0.1, -0.05) is 6.07 Å². The molecule has 0 unspecified atom stereocenters. The van der Waals surface area contributed by atoms with E-state index in [0.717, 1.165) is 6.07 Å². The number of alkyl halides is 3. The van der Waals surface area contributed by atoms with Crippen LogP contribution in [0.15, 0.2) is 60.8 Å². The predicted octanol–water partition coefficient (Wildman–Crippen LogP) is 4.23. The first-order valence-electron chi connectivity index (χ1n) is 8.89. The molecule has 0 N–H and O–H groups in total. The molecule has 0 spiro atoms. The van der Waals surface area contributed by atoms with Crippen LogP contribution in [0.1, 0.15) is 15.9 Å². The highest BCUT2D eigenvalue weighted by Gasteiger charge is 2.31. The topological polar surface area (TPSA) is 32.8 Å². The van der Waals surface area contributed by atoms with Crippen molar-refractivity contribution in [1.29, 1.82) is 0 Å². The molecule has 0 amide bonds. The van der Waals surface area contributed by atoms with Crippen molar-refractivity contribution >= 4 is 11.5 Å². The molecule has 1 aliphatic heterocycles. The lowest BCUT2D eigenvalue weighted by Crippen LogP contribution is -2.44. The third-order valence-electron chi connectivity index (χ3n) is 4.66. The number of benzene rings is 2. The fourth-order valence-corrected chi connectivity index (χ4v) is 3.03. The predicted molar refractivity (Wildman–Crippen MR) is 102 cm³/mol. The number of halogens is 3. The number of anilines is 1. The van der Waals surface area contributed by atoms with E-state index in [-0.39, 0.29) is 5.78 Å². The maximum absolute atomic E-state index is 12.9. The Balaban J connectivity index is 1.56. The summed E-state index contributed by atoms with van der Waals surface area (Å²) in [6, 6.07) is 12.2. The molecule has 28 heavy (non-hydrogen) atoms. The van der Waals surface area contributed by atoms with E-state index in [1.807, 2.05) is 9.80 Å². The van der Waals surface area contributed by atoms with E-state index in [4.69, 9.17) is 4.74 Å². The molecule has 0 aromatic heterocycles. The van der Waals surface area contributed by atoms with Crippen LogP contribution in [0.2, 0.25) is 0 Å². The van der Waals surface area contributed by atoms with Crippen molar-refractivity contribution in [3.8, 4) is 5.75 Å². The van der Waals surface area contributed by atoms with E-state index in [1.54, 1.807) is 43.6 Å². The summed E-state index contributed by atoms with van der Waals surface area (Å²) in [5, 5.41) is 0. The van der Waals surface area contributed by atoms with Gasteiger partial charge >= 0.3 is 6.18 Å². The Morgan fingerprint density at radius 3 is 2.32 bits per heavy atom. The van der Waals surface area contributed by atoms with Gasteiger partial charge in [-0.15, -0.1) is 0 Å². The van der Waals surface area contributed by atoms with Crippen LogP contribution in [0.5, 0.6) is 5.75 Å². The Morgan fingerprint density at radius 1 is 1.04 bits per heavy atom. The Morgan fingerprint density at radius 2 is 1.71 bits per heavy atom. The summed E-state index contributed by atoms with van der Waals surface area (Å²) in [7, 11) is 1.57. The Hall–Kier alpha value is -2.96. The molecular formula is C21H21F3N2O2. The minimum absolute atomic E-state index is 0.108. The number of methoxy groups -OCH3 is 1. The summed E-state index contributed by atoms with van der Waals surface area (Å²) in [6.07, 6.45) is -1.08. The van der Waals surface area contributed by atoms with Crippen LogP contribution in [0.25, 0.3) is 0 Å². The van der Waals surface area contributed by atoms with Crippen molar-refractivity contribution < 1.29 is 22.7 Å². The molecule has 2 aromatic carbocycles. The first kappa shape index (κ1) is 19.8.